The summed E-state index contributed by atoms with van der Waals surface area (Å²) in [5.74, 6) is 0.977. The van der Waals surface area contributed by atoms with E-state index in [1.807, 2.05) is 0 Å². The average Bonchev–Trinajstić information content (AvgIpc) is 2.44. The molecule has 0 aliphatic carbocycles. The smallest absolute Gasteiger partial charge is 0.184 e. The van der Waals surface area contributed by atoms with Crippen molar-refractivity contribution >= 4 is 21.6 Å². The lowest BCUT2D eigenvalue weighted by Crippen LogP contribution is -2.40. The minimum absolute atomic E-state index is 0.286. The van der Waals surface area contributed by atoms with Crippen molar-refractivity contribution in [2.24, 2.45) is 0 Å². The van der Waals surface area contributed by atoms with Crippen LogP contribution in [-0.2, 0) is 6.42 Å². The molecule has 1 atom stereocenters. The highest BCUT2D eigenvalue weighted by Gasteiger charge is 2.26. The zero-order chi connectivity index (χ0) is 9.59. The van der Waals surface area contributed by atoms with Crippen LogP contribution in [0.15, 0.2) is 10.5 Å². The van der Waals surface area contributed by atoms with Crippen molar-refractivity contribution in [3.8, 4) is 5.75 Å². The molecule has 0 radical (unpaired) electrons. The molecule has 3 heteroatoms. The van der Waals surface area contributed by atoms with Gasteiger partial charge in [0.15, 0.2) is 11.4 Å². The van der Waals surface area contributed by atoms with Crippen LogP contribution in [0.3, 0.4) is 0 Å². The molecule has 3 N–H and O–H groups in total. The molecule has 0 saturated heterocycles. The Bertz CT molecular complexity index is 362. The number of ether oxygens (including phenoxy) is 1. The zero-order valence-corrected chi connectivity index (χ0v) is 9.44. The molecule has 1 heterocycles. The van der Waals surface area contributed by atoms with E-state index in [9.17, 15) is 0 Å². The molecular formula is C10H13BrNO+. The van der Waals surface area contributed by atoms with E-state index in [0.717, 1.165) is 17.9 Å². The first-order chi connectivity index (χ1) is 6.09. The summed E-state index contributed by atoms with van der Waals surface area (Å²) < 4.78 is 6.86. The van der Waals surface area contributed by atoms with Gasteiger partial charge in [0.2, 0.25) is 0 Å². The van der Waals surface area contributed by atoms with Crippen molar-refractivity contribution in [2.75, 3.05) is 0 Å². The standard InChI is InChI=1S/C10H12BrNO/c1-5-3-8(12)10-7(9(5)11)4-6(2)13-10/h3,6H,4,12H2,1-2H3/p+1/t6-/m1/s1. The van der Waals surface area contributed by atoms with Gasteiger partial charge in [0, 0.05) is 22.5 Å². The molecule has 0 saturated carbocycles. The lowest BCUT2D eigenvalue weighted by molar-refractivity contribution is -0.256. The monoisotopic (exact) mass is 242 g/mol. The van der Waals surface area contributed by atoms with Crippen LogP contribution in [0.1, 0.15) is 18.1 Å². The number of halogens is 1. The van der Waals surface area contributed by atoms with Gasteiger partial charge in [-0.25, -0.2) is 0 Å². The number of aryl methyl sites for hydroxylation is 1. The van der Waals surface area contributed by atoms with E-state index in [4.69, 9.17) is 4.74 Å². The summed E-state index contributed by atoms with van der Waals surface area (Å²) in [6, 6.07) is 2.06. The third-order valence-electron chi connectivity index (χ3n) is 2.38. The third-order valence-corrected chi connectivity index (χ3v) is 3.48. The van der Waals surface area contributed by atoms with Crippen molar-refractivity contribution in [3.63, 3.8) is 0 Å². The van der Waals surface area contributed by atoms with Crippen molar-refractivity contribution < 1.29 is 10.5 Å². The second kappa shape index (κ2) is 3.00. The summed E-state index contributed by atoms with van der Waals surface area (Å²) in [6.07, 6.45) is 1.27. The van der Waals surface area contributed by atoms with Gasteiger partial charge in [0.25, 0.3) is 0 Å². The van der Waals surface area contributed by atoms with Crippen LogP contribution >= 0.6 is 15.9 Å². The number of benzene rings is 1. The SMILES string of the molecule is Cc1cc([NH3+])c2c(c1Br)C[C@@H](C)O2. The second-order valence-corrected chi connectivity index (χ2v) is 4.40. The molecule has 2 rings (SSSR count). The van der Waals surface area contributed by atoms with Gasteiger partial charge in [-0.05, 0) is 19.4 Å². The first-order valence-corrected chi connectivity index (χ1v) is 5.19. The molecule has 0 fully saturated rings. The summed E-state index contributed by atoms with van der Waals surface area (Å²) >= 11 is 3.59. The molecule has 0 spiro atoms. The largest absolute Gasteiger partial charge is 0.484 e. The number of hydrogen-bond donors (Lipinski definition) is 1. The van der Waals surface area contributed by atoms with Gasteiger partial charge in [-0.1, -0.05) is 15.9 Å². The summed E-state index contributed by atoms with van der Waals surface area (Å²) in [4.78, 5) is 0. The lowest BCUT2D eigenvalue weighted by Gasteiger charge is -2.05. The Morgan fingerprint density at radius 3 is 3.00 bits per heavy atom. The van der Waals surface area contributed by atoms with Gasteiger partial charge >= 0.3 is 0 Å². The molecule has 1 aromatic rings. The van der Waals surface area contributed by atoms with E-state index >= 15 is 0 Å². The average molecular weight is 243 g/mol. The Balaban J connectivity index is 2.62. The van der Waals surface area contributed by atoms with Crippen LogP contribution in [-0.4, -0.2) is 6.10 Å². The topological polar surface area (TPSA) is 36.9 Å². The van der Waals surface area contributed by atoms with Gasteiger partial charge < -0.3 is 10.5 Å². The molecular weight excluding hydrogens is 230 g/mol. The van der Waals surface area contributed by atoms with Crippen LogP contribution < -0.4 is 10.5 Å². The third kappa shape index (κ3) is 1.36. The van der Waals surface area contributed by atoms with E-state index in [1.165, 1.54) is 15.6 Å². The molecule has 1 aliphatic rings. The van der Waals surface area contributed by atoms with E-state index in [2.05, 4.69) is 41.6 Å². The molecule has 1 aromatic carbocycles. The zero-order valence-electron chi connectivity index (χ0n) is 7.86. The van der Waals surface area contributed by atoms with Gasteiger partial charge in [0.1, 0.15) is 6.10 Å². The molecule has 0 unspecified atom stereocenters. The Labute approximate surface area is 86.2 Å². The molecule has 0 aromatic heterocycles. The summed E-state index contributed by atoms with van der Waals surface area (Å²) in [5, 5.41) is 0. The summed E-state index contributed by atoms with van der Waals surface area (Å²) in [6.45, 7) is 4.17. The first kappa shape index (κ1) is 9.03. The number of rotatable bonds is 0. The summed E-state index contributed by atoms with van der Waals surface area (Å²) in [7, 11) is 0. The maximum absolute atomic E-state index is 5.68. The molecule has 2 nitrogen and oxygen atoms in total. The van der Waals surface area contributed by atoms with Crippen molar-refractivity contribution in [2.45, 2.75) is 26.4 Å². The maximum Gasteiger partial charge on any atom is 0.184 e. The molecule has 0 amide bonds. The molecule has 1 aliphatic heterocycles. The number of hydrogen-bond acceptors (Lipinski definition) is 1. The van der Waals surface area contributed by atoms with Crippen LogP contribution in [0.2, 0.25) is 0 Å². The Kier molecular flexibility index (Phi) is 2.08. The predicted molar refractivity (Wildman–Crippen MR) is 55.2 cm³/mol. The van der Waals surface area contributed by atoms with E-state index in [0.29, 0.717) is 0 Å². The lowest BCUT2D eigenvalue weighted by atomic mass is 10.1. The number of quaternary nitrogens is 1. The fraction of sp³-hybridized carbons (Fsp3) is 0.400. The van der Waals surface area contributed by atoms with Crippen molar-refractivity contribution in [1.29, 1.82) is 0 Å². The molecule has 13 heavy (non-hydrogen) atoms. The Morgan fingerprint density at radius 1 is 1.62 bits per heavy atom. The van der Waals surface area contributed by atoms with E-state index in [-0.39, 0.29) is 6.10 Å². The van der Waals surface area contributed by atoms with Crippen LogP contribution in [0, 0.1) is 6.92 Å². The quantitative estimate of drug-likeness (QED) is 0.742. The van der Waals surface area contributed by atoms with Crippen molar-refractivity contribution in [1.82, 2.24) is 0 Å². The number of fused-ring (bicyclic) bond motifs is 1. The minimum Gasteiger partial charge on any atom is -0.484 e. The first-order valence-electron chi connectivity index (χ1n) is 4.40. The second-order valence-electron chi connectivity index (χ2n) is 3.61. The van der Waals surface area contributed by atoms with E-state index in [1.54, 1.807) is 0 Å². The maximum atomic E-state index is 5.68. The molecule has 70 valence electrons. The van der Waals surface area contributed by atoms with Crippen LogP contribution in [0.25, 0.3) is 0 Å². The highest BCUT2D eigenvalue weighted by molar-refractivity contribution is 9.10. The molecule has 0 bridgehead atoms. The fourth-order valence-corrected chi connectivity index (χ4v) is 2.24. The van der Waals surface area contributed by atoms with Crippen LogP contribution in [0.5, 0.6) is 5.75 Å². The minimum atomic E-state index is 0.286. The fourth-order valence-electron chi connectivity index (χ4n) is 1.78. The highest BCUT2D eigenvalue weighted by Crippen LogP contribution is 2.40. The van der Waals surface area contributed by atoms with Gasteiger partial charge in [0.05, 0.1) is 0 Å². The van der Waals surface area contributed by atoms with Crippen LogP contribution in [0.4, 0.5) is 5.69 Å². The van der Waals surface area contributed by atoms with E-state index < -0.39 is 0 Å². The Hall–Kier alpha value is -0.540. The predicted octanol–water partition coefficient (Wildman–Crippen LogP) is 1.95. The van der Waals surface area contributed by atoms with Gasteiger partial charge in [-0.3, -0.25) is 0 Å². The van der Waals surface area contributed by atoms with Gasteiger partial charge in [-0.2, -0.15) is 0 Å². The van der Waals surface area contributed by atoms with Crippen molar-refractivity contribution in [3.05, 3.63) is 21.7 Å². The highest BCUT2D eigenvalue weighted by atomic mass is 79.9. The summed E-state index contributed by atoms with van der Waals surface area (Å²) in [5.41, 5.74) is 7.50. The van der Waals surface area contributed by atoms with Gasteiger partial charge in [-0.15, -0.1) is 0 Å². The normalized spacial score (nSPS) is 19.8. The Morgan fingerprint density at radius 2 is 2.31 bits per heavy atom.